The fourth-order valence-corrected chi connectivity index (χ4v) is 3.05. The van der Waals surface area contributed by atoms with Crippen molar-refractivity contribution in [3.05, 3.63) is 65.7 Å². The third-order valence-corrected chi connectivity index (χ3v) is 4.12. The summed E-state index contributed by atoms with van der Waals surface area (Å²) in [5.74, 6) is -1.93. The highest BCUT2D eigenvalue weighted by atomic mass is 19.1. The first-order chi connectivity index (χ1) is 11.1. The van der Waals surface area contributed by atoms with E-state index in [2.05, 4.69) is 5.32 Å². The zero-order chi connectivity index (χ0) is 16.2. The molecule has 1 amide bonds. The van der Waals surface area contributed by atoms with Crippen LogP contribution in [0.2, 0.25) is 0 Å². The molecule has 23 heavy (non-hydrogen) atoms. The highest BCUT2D eigenvalue weighted by Gasteiger charge is 2.27. The number of halogens is 2. The zero-order valence-electron chi connectivity index (χ0n) is 12.6. The van der Waals surface area contributed by atoms with Gasteiger partial charge in [-0.2, -0.15) is 0 Å². The van der Waals surface area contributed by atoms with Gasteiger partial charge in [-0.1, -0.05) is 36.4 Å². The molecule has 0 bridgehead atoms. The summed E-state index contributed by atoms with van der Waals surface area (Å²) in [6.45, 7) is 0.917. The van der Waals surface area contributed by atoms with E-state index in [1.54, 1.807) is 0 Å². The van der Waals surface area contributed by atoms with E-state index in [1.807, 2.05) is 35.2 Å². The summed E-state index contributed by atoms with van der Waals surface area (Å²) in [4.78, 5) is 14.2. The van der Waals surface area contributed by atoms with E-state index in [-0.39, 0.29) is 18.3 Å². The van der Waals surface area contributed by atoms with Gasteiger partial charge in [-0.3, -0.25) is 9.69 Å². The van der Waals surface area contributed by atoms with E-state index in [4.69, 9.17) is 0 Å². The maximum atomic E-state index is 13.6. The maximum Gasteiger partial charge on any atom is 0.238 e. The third-order valence-electron chi connectivity index (χ3n) is 4.12. The number of rotatable bonds is 4. The molecular weight excluding hydrogens is 298 g/mol. The number of para-hydroxylation sites is 1. The molecule has 0 aromatic heterocycles. The molecule has 2 aromatic carbocycles. The fraction of sp³-hybridized carbons (Fsp3) is 0.278. The molecule has 0 spiro atoms. The van der Waals surface area contributed by atoms with E-state index >= 15 is 0 Å². The monoisotopic (exact) mass is 316 g/mol. The lowest BCUT2D eigenvalue weighted by molar-refractivity contribution is -0.117. The first-order valence-electron chi connectivity index (χ1n) is 7.68. The predicted octanol–water partition coefficient (Wildman–Crippen LogP) is 3.74. The van der Waals surface area contributed by atoms with Crippen LogP contribution in [0.15, 0.2) is 48.5 Å². The summed E-state index contributed by atoms with van der Waals surface area (Å²) in [6.07, 6.45) is 1.98. The van der Waals surface area contributed by atoms with Gasteiger partial charge in [-0.05, 0) is 37.1 Å². The van der Waals surface area contributed by atoms with Crippen molar-refractivity contribution in [2.24, 2.45) is 0 Å². The summed E-state index contributed by atoms with van der Waals surface area (Å²) in [7, 11) is 0. The van der Waals surface area contributed by atoms with Crippen LogP contribution in [0, 0.1) is 11.6 Å². The number of hydrogen-bond acceptors (Lipinski definition) is 2. The number of nitrogens with one attached hydrogen (secondary N) is 1. The lowest BCUT2D eigenvalue weighted by Crippen LogP contribution is -2.33. The average molecular weight is 316 g/mol. The van der Waals surface area contributed by atoms with Crippen LogP contribution in [-0.4, -0.2) is 23.9 Å². The standard InChI is InChI=1S/C18H18F2N2O/c19-14-8-4-9-15(20)18(14)21-17(23)12-22-11-5-10-16(22)13-6-2-1-3-7-13/h1-4,6-9,16H,5,10-12H2,(H,21,23)/t16-/m1/s1. The smallest absolute Gasteiger partial charge is 0.238 e. The number of amides is 1. The highest BCUT2D eigenvalue weighted by Crippen LogP contribution is 2.31. The molecule has 1 heterocycles. The van der Waals surface area contributed by atoms with Crippen LogP contribution in [0.25, 0.3) is 0 Å². The molecular formula is C18H18F2N2O. The minimum Gasteiger partial charge on any atom is -0.320 e. The topological polar surface area (TPSA) is 32.3 Å². The summed E-state index contributed by atoms with van der Waals surface area (Å²) < 4.78 is 27.2. The Kier molecular flexibility index (Phi) is 4.67. The predicted molar refractivity (Wildman–Crippen MR) is 85.0 cm³/mol. The van der Waals surface area contributed by atoms with Crippen molar-refractivity contribution >= 4 is 11.6 Å². The van der Waals surface area contributed by atoms with E-state index in [0.717, 1.165) is 37.1 Å². The van der Waals surface area contributed by atoms with Gasteiger partial charge >= 0.3 is 0 Å². The van der Waals surface area contributed by atoms with Crippen LogP contribution in [0.5, 0.6) is 0 Å². The van der Waals surface area contributed by atoms with Gasteiger partial charge in [0.2, 0.25) is 5.91 Å². The molecule has 1 saturated heterocycles. The van der Waals surface area contributed by atoms with Crippen molar-refractivity contribution < 1.29 is 13.6 Å². The van der Waals surface area contributed by atoms with Gasteiger partial charge in [-0.15, -0.1) is 0 Å². The maximum absolute atomic E-state index is 13.6. The van der Waals surface area contributed by atoms with Crippen LogP contribution >= 0.6 is 0 Å². The Hall–Kier alpha value is -2.27. The fourth-order valence-electron chi connectivity index (χ4n) is 3.05. The molecule has 3 nitrogen and oxygen atoms in total. The molecule has 120 valence electrons. The summed E-state index contributed by atoms with van der Waals surface area (Å²) in [6, 6.07) is 13.7. The van der Waals surface area contributed by atoms with Gasteiger partial charge in [0.15, 0.2) is 0 Å². The second kappa shape index (κ2) is 6.87. The molecule has 0 radical (unpaired) electrons. The van der Waals surface area contributed by atoms with Crippen molar-refractivity contribution in [2.45, 2.75) is 18.9 Å². The molecule has 1 aliphatic rings. The Morgan fingerprint density at radius 3 is 2.48 bits per heavy atom. The Bertz CT molecular complexity index is 670. The van der Waals surface area contributed by atoms with Crippen molar-refractivity contribution in [2.75, 3.05) is 18.4 Å². The van der Waals surface area contributed by atoms with Gasteiger partial charge < -0.3 is 5.32 Å². The molecule has 2 aromatic rings. The van der Waals surface area contributed by atoms with Crippen molar-refractivity contribution in [3.8, 4) is 0 Å². The number of nitrogens with zero attached hydrogens (tertiary/aromatic N) is 1. The SMILES string of the molecule is O=C(CN1CCC[C@@H]1c1ccccc1)Nc1c(F)cccc1F. The first kappa shape index (κ1) is 15.6. The van der Waals surface area contributed by atoms with E-state index in [0.29, 0.717) is 0 Å². The molecule has 1 aliphatic heterocycles. The summed E-state index contributed by atoms with van der Waals surface area (Å²) in [5.41, 5.74) is 0.780. The van der Waals surface area contributed by atoms with Crippen molar-refractivity contribution in [1.29, 1.82) is 0 Å². The second-order valence-electron chi connectivity index (χ2n) is 5.68. The molecule has 1 atom stereocenters. The summed E-state index contributed by atoms with van der Waals surface area (Å²) in [5, 5.41) is 2.35. The van der Waals surface area contributed by atoms with Crippen LogP contribution in [0.4, 0.5) is 14.5 Å². The van der Waals surface area contributed by atoms with Gasteiger partial charge in [0.05, 0.1) is 6.54 Å². The minimum atomic E-state index is -0.764. The molecule has 1 fully saturated rings. The zero-order valence-corrected chi connectivity index (χ0v) is 12.6. The van der Waals surface area contributed by atoms with Crippen molar-refractivity contribution in [1.82, 2.24) is 4.90 Å². The molecule has 0 saturated carbocycles. The Morgan fingerprint density at radius 1 is 1.09 bits per heavy atom. The van der Waals surface area contributed by atoms with E-state index in [1.165, 1.54) is 6.07 Å². The summed E-state index contributed by atoms with van der Waals surface area (Å²) >= 11 is 0. The van der Waals surface area contributed by atoms with Gasteiger partial charge in [-0.25, -0.2) is 8.78 Å². The van der Waals surface area contributed by atoms with Crippen LogP contribution in [0.1, 0.15) is 24.4 Å². The van der Waals surface area contributed by atoms with E-state index < -0.39 is 17.5 Å². The number of likely N-dealkylation sites (tertiary alicyclic amines) is 1. The number of carbonyl (C=O) groups is 1. The largest absolute Gasteiger partial charge is 0.320 e. The number of anilines is 1. The van der Waals surface area contributed by atoms with Gasteiger partial charge in [0, 0.05) is 6.04 Å². The number of carbonyl (C=O) groups excluding carboxylic acids is 1. The van der Waals surface area contributed by atoms with Gasteiger partial charge in [0.1, 0.15) is 17.3 Å². The second-order valence-corrected chi connectivity index (χ2v) is 5.68. The number of benzene rings is 2. The quantitative estimate of drug-likeness (QED) is 0.932. The molecule has 3 rings (SSSR count). The first-order valence-corrected chi connectivity index (χ1v) is 7.68. The number of hydrogen-bond donors (Lipinski definition) is 1. The molecule has 0 aliphatic carbocycles. The molecule has 5 heteroatoms. The van der Waals surface area contributed by atoms with Crippen molar-refractivity contribution in [3.63, 3.8) is 0 Å². The van der Waals surface area contributed by atoms with E-state index in [9.17, 15) is 13.6 Å². The Balaban J connectivity index is 1.68. The lowest BCUT2D eigenvalue weighted by atomic mass is 10.0. The molecule has 1 N–H and O–H groups in total. The van der Waals surface area contributed by atoms with Crippen LogP contribution < -0.4 is 5.32 Å². The average Bonchev–Trinajstić information content (AvgIpc) is 3.00. The third kappa shape index (κ3) is 3.56. The van der Waals surface area contributed by atoms with Crippen LogP contribution in [0.3, 0.4) is 0 Å². The lowest BCUT2D eigenvalue weighted by Gasteiger charge is -2.24. The van der Waals surface area contributed by atoms with Crippen LogP contribution in [-0.2, 0) is 4.79 Å². The Labute approximate surface area is 133 Å². The molecule has 0 unspecified atom stereocenters. The Morgan fingerprint density at radius 2 is 1.78 bits per heavy atom. The minimum absolute atomic E-state index is 0.118. The highest BCUT2D eigenvalue weighted by molar-refractivity contribution is 5.92. The van der Waals surface area contributed by atoms with Gasteiger partial charge in [0.25, 0.3) is 0 Å². The normalized spacial score (nSPS) is 18.1.